The van der Waals surface area contributed by atoms with E-state index < -0.39 is 45.1 Å². The Hall–Kier alpha value is -2.07. The number of rotatable bonds is 35. The SMILES string of the molecule is CC/C=C\C/C=C\C/C=C\C/C=C\CCCCCOCC(COP(=O)(O)OCC(N)C(=O)O)OC(=O)CCCCCCCCCCCCC. The number of carbonyl (C=O) groups excluding carboxylic acids is 1. The summed E-state index contributed by atoms with van der Waals surface area (Å²) in [5.41, 5.74) is 5.33. The summed E-state index contributed by atoms with van der Waals surface area (Å²) < 4.78 is 33.1. The lowest BCUT2D eigenvalue weighted by Gasteiger charge is -2.20. The van der Waals surface area contributed by atoms with E-state index >= 15 is 0 Å². The van der Waals surface area contributed by atoms with Gasteiger partial charge in [-0.2, -0.15) is 0 Å². The number of carboxylic acid groups (broad SMARTS) is 1. The van der Waals surface area contributed by atoms with Crippen LogP contribution in [-0.2, 0) is 32.7 Å². The smallest absolute Gasteiger partial charge is 0.472 e. The van der Waals surface area contributed by atoms with Gasteiger partial charge in [0.1, 0.15) is 12.1 Å². The molecular weight excluding hydrogens is 645 g/mol. The maximum absolute atomic E-state index is 12.5. The molecule has 0 saturated heterocycles. The van der Waals surface area contributed by atoms with Crippen molar-refractivity contribution in [2.24, 2.45) is 5.73 Å². The molecule has 0 aromatic rings. The summed E-state index contributed by atoms with van der Waals surface area (Å²) in [6, 6.07) is -1.48. The van der Waals surface area contributed by atoms with Crippen LogP contribution in [0.15, 0.2) is 48.6 Å². The van der Waals surface area contributed by atoms with Crippen LogP contribution < -0.4 is 5.73 Å². The molecule has 10 nitrogen and oxygen atoms in total. The Balaban J connectivity index is 4.38. The van der Waals surface area contributed by atoms with Gasteiger partial charge < -0.3 is 25.2 Å². The molecule has 49 heavy (non-hydrogen) atoms. The first-order valence-corrected chi connectivity index (χ1v) is 20.2. The van der Waals surface area contributed by atoms with Gasteiger partial charge in [-0.15, -0.1) is 0 Å². The lowest BCUT2D eigenvalue weighted by molar-refractivity contribution is -0.154. The van der Waals surface area contributed by atoms with Gasteiger partial charge in [0.05, 0.1) is 19.8 Å². The fourth-order valence-corrected chi connectivity index (χ4v) is 5.49. The van der Waals surface area contributed by atoms with E-state index in [4.69, 9.17) is 24.8 Å². The zero-order valence-corrected chi connectivity index (χ0v) is 31.4. The molecule has 0 radical (unpaired) electrons. The van der Waals surface area contributed by atoms with Crippen molar-refractivity contribution in [3.8, 4) is 0 Å². The second-order valence-electron chi connectivity index (χ2n) is 12.3. The van der Waals surface area contributed by atoms with Crippen molar-refractivity contribution in [3.63, 3.8) is 0 Å². The van der Waals surface area contributed by atoms with E-state index in [9.17, 15) is 19.0 Å². The molecule has 0 heterocycles. The van der Waals surface area contributed by atoms with Crippen LogP contribution in [0.1, 0.15) is 142 Å². The van der Waals surface area contributed by atoms with Crippen molar-refractivity contribution in [2.75, 3.05) is 26.4 Å². The number of carboxylic acids is 1. The number of phosphoric ester groups is 1. The minimum Gasteiger partial charge on any atom is -0.480 e. The molecule has 0 spiro atoms. The minimum atomic E-state index is -4.62. The molecular formula is C38H68NO9P. The van der Waals surface area contributed by atoms with Gasteiger partial charge in [-0.05, 0) is 51.4 Å². The third-order valence-electron chi connectivity index (χ3n) is 7.62. The average molecular weight is 714 g/mol. The Morgan fingerprint density at radius 3 is 1.76 bits per heavy atom. The van der Waals surface area contributed by atoms with Crippen LogP contribution in [-0.4, -0.2) is 60.5 Å². The lowest BCUT2D eigenvalue weighted by Crippen LogP contribution is -2.34. The zero-order valence-electron chi connectivity index (χ0n) is 30.5. The van der Waals surface area contributed by atoms with Crippen LogP contribution in [0.4, 0.5) is 0 Å². The Labute approximate surface area is 297 Å². The number of carbonyl (C=O) groups is 2. The number of hydrogen-bond donors (Lipinski definition) is 3. The molecule has 0 saturated carbocycles. The molecule has 0 aliphatic rings. The summed E-state index contributed by atoms with van der Waals surface area (Å²) in [6.07, 6.45) is 37.4. The molecule has 0 aliphatic carbocycles. The lowest BCUT2D eigenvalue weighted by atomic mass is 10.1. The standard InChI is InChI=1S/C38H68NO9P/c1-3-5-7-9-11-13-15-16-17-18-19-21-23-25-27-29-31-45-32-35(33-46-49(43,44)47-34-36(39)38(41)42)48-37(40)30-28-26-24-22-20-14-12-10-8-6-4-2/h5,7,11,13,16-17,19,21,35-36H,3-4,6,8-10,12,14-15,18,20,22-34,39H2,1-2H3,(H,41,42)(H,43,44)/b7-5-,13-11-,17-16-,21-19-. The van der Waals surface area contributed by atoms with Crippen LogP contribution in [0, 0.1) is 0 Å². The third-order valence-corrected chi connectivity index (χ3v) is 8.57. The fraction of sp³-hybridized carbons (Fsp3) is 0.737. The fourth-order valence-electron chi connectivity index (χ4n) is 4.71. The second-order valence-corrected chi connectivity index (χ2v) is 13.8. The Kier molecular flexibility index (Phi) is 32.9. The van der Waals surface area contributed by atoms with Gasteiger partial charge in [-0.25, -0.2) is 4.57 Å². The molecule has 0 amide bonds. The normalized spacial score (nSPS) is 14.7. The van der Waals surface area contributed by atoms with Crippen molar-refractivity contribution in [1.29, 1.82) is 0 Å². The van der Waals surface area contributed by atoms with E-state index in [0.717, 1.165) is 70.6 Å². The van der Waals surface area contributed by atoms with E-state index in [1.54, 1.807) is 0 Å². The van der Waals surface area contributed by atoms with E-state index in [-0.39, 0.29) is 13.0 Å². The topological polar surface area (TPSA) is 155 Å². The predicted molar refractivity (Wildman–Crippen MR) is 198 cm³/mol. The van der Waals surface area contributed by atoms with Gasteiger partial charge >= 0.3 is 19.8 Å². The van der Waals surface area contributed by atoms with Crippen molar-refractivity contribution in [3.05, 3.63) is 48.6 Å². The first-order chi connectivity index (χ1) is 23.7. The van der Waals surface area contributed by atoms with Crippen molar-refractivity contribution in [2.45, 2.75) is 154 Å². The molecule has 3 atom stereocenters. The largest absolute Gasteiger partial charge is 0.480 e. The number of aliphatic carboxylic acids is 1. The van der Waals surface area contributed by atoms with Crippen molar-refractivity contribution in [1.82, 2.24) is 0 Å². The highest BCUT2D eigenvalue weighted by Gasteiger charge is 2.27. The number of esters is 1. The van der Waals surface area contributed by atoms with Crippen LogP contribution >= 0.6 is 7.82 Å². The summed E-state index contributed by atoms with van der Waals surface area (Å²) in [4.78, 5) is 33.3. The Morgan fingerprint density at radius 2 is 1.18 bits per heavy atom. The summed E-state index contributed by atoms with van der Waals surface area (Å²) in [6.45, 7) is 3.66. The first kappa shape index (κ1) is 46.9. The molecule has 0 bridgehead atoms. The molecule has 4 N–H and O–H groups in total. The zero-order chi connectivity index (χ0) is 36.3. The number of nitrogens with two attached hydrogens (primary N) is 1. The van der Waals surface area contributed by atoms with Crippen LogP contribution in [0.25, 0.3) is 0 Å². The van der Waals surface area contributed by atoms with E-state index in [1.165, 1.54) is 44.9 Å². The summed E-state index contributed by atoms with van der Waals surface area (Å²) in [5.74, 6) is -1.80. The molecule has 3 unspecified atom stereocenters. The molecule has 0 aromatic carbocycles. The van der Waals surface area contributed by atoms with Crippen LogP contribution in [0.2, 0.25) is 0 Å². The average Bonchev–Trinajstić information content (AvgIpc) is 3.07. The maximum atomic E-state index is 12.5. The Morgan fingerprint density at radius 1 is 0.673 bits per heavy atom. The van der Waals surface area contributed by atoms with Gasteiger partial charge in [-0.3, -0.25) is 18.6 Å². The highest BCUT2D eigenvalue weighted by Crippen LogP contribution is 2.43. The molecule has 11 heteroatoms. The molecule has 0 rings (SSSR count). The van der Waals surface area contributed by atoms with E-state index in [1.807, 2.05) is 0 Å². The quantitative estimate of drug-likeness (QED) is 0.0250. The van der Waals surface area contributed by atoms with E-state index in [0.29, 0.717) is 13.0 Å². The highest BCUT2D eigenvalue weighted by atomic mass is 31.2. The van der Waals surface area contributed by atoms with Gasteiger partial charge in [-0.1, -0.05) is 133 Å². The number of phosphoric acid groups is 1. The third kappa shape index (κ3) is 34.2. The minimum absolute atomic E-state index is 0.00446. The number of hydrogen-bond acceptors (Lipinski definition) is 8. The summed E-state index contributed by atoms with van der Waals surface area (Å²) in [7, 11) is -4.62. The maximum Gasteiger partial charge on any atom is 0.472 e. The molecule has 0 fully saturated rings. The van der Waals surface area contributed by atoms with Gasteiger partial charge in [0.15, 0.2) is 0 Å². The highest BCUT2D eigenvalue weighted by molar-refractivity contribution is 7.47. The van der Waals surface area contributed by atoms with E-state index in [2.05, 4.69) is 67.0 Å². The number of unbranched alkanes of at least 4 members (excludes halogenated alkanes) is 13. The Bertz CT molecular complexity index is 967. The van der Waals surface area contributed by atoms with Crippen molar-refractivity contribution < 1.29 is 42.7 Å². The molecule has 284 valence electrons. The summed E-state index contributed by atoms with van der Waals surface area (Å²) in [5, 5.41) is 8.85. The van der Waals surface area contributed by atoms with Gasteiger partial charge in [0.2, 0.25) is 0 Å². The number of ether oxygens (including phenoxy) is 2. The first-order valence-electron chi connectivity index (χ1n) is 18.7. The van der Waals surface area contributed by atoms with Crippen molar-refractivity contribution >= 4 is 19.8 Å². The van der Waals surface area contributed by atoms with Crippen LogP contribution in [0.5, 0.6) is 0 Å². The molecule has 0 aliphatic heterocycles. The summed E-state index contributed by atoms with van der Waals surface area (Å²) >= 11 is 0. The van der Waals surface area contributed by atoms with Gasteiger partial charge in [0.25, 0.3) is 0 Å². The second kappa shape index (κ2) is 34.4. The van der Waals surface area contributed by atoms with Gasteiger partial charge in [0, 0.05) is 13.0 Å². The molecule has 0 aromatic heterocycles. The predicted octanol–water partition coefficient (Wildman–Crippen LogP) is 9.53. The monoisotopic (exact) mass is 713 g/mol. The number of allylic oxidation sites excluding steroid dienone is 8. The van der Waals surface area contributed by atoms with Crippen LogP contribution in [0.3, 0.4) is 0 Å².